The van der Waals surface area contributed by atoms with Crippen LogP contribution >= 0.6 is 11.6 Å². The minimum Gasteiger partial charge on any atom is -0.321 e. The molecule has 0 aliphatic heterocycles. The first-order valence-corrected chi connectivity index (χ1v) is 8.27. The molecule has 0 aliphatic rings. The molecule has 0 spiro atoms. The number of rotatable bonds is 4. The first kappa shape index (κ1) is 16.4. The predicted octanol–water partition coefficient (Wildman–Crippen LogP) is 3.87. The molecule has 1 amide bonds. The summed E-state index contributed by atoms with van der Waals surface area (Å²) in [6.07, 6.45) is 4.36. The number of anilines is 1. The Kier molecular flexibility index (Phi) is 5.46. The van der Waals surface area contributed by atoms with Crippen LogP contribution in [0.2, 0.25) is 5.02 Å². The lowest BCUT2D eigenvalue weighted by Crippen LogP contribution is -2.10. The molecule has 114 valence electrons. The number of nitrogens with one attached hydrogen (secondary N) is 1. The van der Waals surface area contributed by atoms with Gasteiger partial charge in [0, 0.05) is 12.3 Å². The van der Waals surface area contributed by atoms with Gasteiger partial charge in [-0.1, -0.05) is 29.8 Å². The van der Waals surface area contributed by atoms with Gasteiger partial charge in [-0.3, -0.25) is 9.00 Å². The van der Waals surface area contributed by atoms with Crippen LogP contribution in [0.5, 0.6) is 0 Å². The molecule has 1 atom stereocenters. The molecule has 0 saturated carbocycles. The molecule has 0 aromatic heterocycles. The van der Waals surface area contributed by atoms with Crippen molar-refractivity contribution in [3.63, 3.8) is 0 Å². The summed E-state index contributed by atoms with van der Waals surface area (Å²) in [6.45, 7) is 0. The third kappa shape index (κ3) is 4.26. The van der Waals surface area contributed by atoms with Gasteiger partial charge in [0.15, 0.2) is 0 Å². The smallest absolute Gasteiger partial charge is 0.248 e. The van der Waals surface area contributed by atoms with E-state index in [1.165, 1.54) is 24.5 Å². The summed E-state index contributed by atoms with van der Waals surface area (Å²) < 4.78 is 24.5. The number of amides is 1. The Balaban J connectivity index is 2.14. The summed E-state index contributed by atoms with van der Waals surface area (Å²) in [5, 5.41) is 2.97. The Morgan fingerprint density at radius 1 is 1.23 bits per heavy atom. The summed E-state index contributed by atoms with van der Waals surface area (Å²) in [6, 6.07) is 10.7. The van der Waals surface area contributed by atoms with Crippen molar-refractivity contribution in [3.8, 4) is 0 Å². The second kappa shape index (κ2) is 7.33. The van der Waals surface area contributed by atoms with Crippen LogP contribution in [-0.2, 0) is 15.6 Å². The van der Waals surface area contributed by atoms with Crippen LogP contribution in [0.1, 0.15) is 5.56 Å². The Labute approximate surface area is 135 Å². The summed E-state index contributed by atoms with van der Waals surface area (Å²) in [5.41, 5.74) is 1.10. The number of carbonyl (C=O) groups is 1. The molecule has 6 heteroatoms. The van der Waals surface area contributed by atoms with E-state index in [0.717, 1.165) is 0 Å². The third-order valence-electron chi connectivity index (χ3n) is 2.81. The first-order valence-electron chi connectivity index (χ1n) is 6.34. The van der Waals surface area contributed by atoms with E-state index in [9.17, 15) is 13.4 Å². The van der Waals surface area contributed by atoms with E-state index in [4.69, 9.17) is 11.6 Å². The van der Waals surface area contributed by atoms with Crippen molar-refractivity contribution in [1.82, 2.24) is 0 Å². The second-order valence-corrected chi connectivity index (χ2v) is 6.17. The molecule has 0 fully saturated rings. The maximum atomic E-state index is 12.8. The SMILES string of the molecule is C[S@](=O)c1c(Cl)cccc1NC(=O)/C=C/c1ccc(F)cc1. The highest BCUT2D eigenvalue weighted by Gasteiger charge is 2.11. The van der Waals surface area contributed by atoms with Gasteiger partial charge in [-0.05, 0) is 35.9 Å². The highest BCUT2D eigenvalue weighted by molar-refractivity contribution is 7.84. The van der Waals surface area contributed by atoms with E-state index in [1.807, 2.05) is 0 Å². The van der Waals surface area contributed by atoms with Crippen LogP contribution in [0, 0.1) is 5.82 Å². The molecule has 2 aromatic carbocycles. The monoisotopic (exact) mass is 337 g/mol. The zero-order valence-electron chi connectivity index (χ0n) is 11.7. The second-order valence-electron chi connectivity index (χ2n) is 4.44. The van der Waals surface area contributed by atoms with Crippen LogP contribution in [0.25, 0.3) is 6.08 Å². The Morgan fingerprint density at radius 2 is 1.91 bits per heavy atom. The minimum absolute atomic E-state index is 0.334. The molecular weight excluding hydrogens is 325 g/mol. The van der Waals surface area contributed by atoms with Crippen molar-refractivity contribution in [2.75, 3.05) is 11.6 Å². The number of carbonyl (C=O) groups excluding carboxylic acids is 1. The van der Waals surface area contributed by atoms with Crippen molar-refractivity contribution in [2.45, 2.75) is 4.90 Å². The van der Waals surface area contributed by atoms with E-state index >= 15 is 0 Å². The van der Waals surface area contributed by atoms with E-state index in [2.05, 4.69) is 5.32 Å². The van der Waals surface area contributed by atoms with Gasteiger partial charge in [-0.25, -0.2) is 4.39 Å². The first-order chi connectivity index (χ1) is 10.5. The molecule has 1 N–H and O–H groups in total. The fourth-order valence-corrected chi connectivity index (χ4v) is 3.09. The highest BCUT2D eigenvalue weighted by atomic mass is 35.5. The van der Waals surface area contributed by atoms with Gasteiger partial charge in [-0.15, -0.1) is 0 Å². The van der Waals surface area contributed by atoms with E-state index in [0.29, 0.717) is 21.2 Å². The lowest BCUT2D eigenvalue weighted by Gasteiger charge is -2.09. The summed E-state index contributed by atoms with van der Waals surface area (Å²) in [4.78, 5) is 12.3. The number of halogens is 2. The number of benzene rings is 2. The van der Waals surface area contributed by atoms with Crippen LogP contribution in [0.3, 0.4) is 0 Å². The lowest BCUT2D eigenvalue weighted by molar-refractivity contribution is -0.111. The number of hydrogen-bond acceptors (Lipinski definition) is 2. The fraction of sp³-hybridized carbons (Fsp3) is 0.0625. The molecule has 0 saturated heterocycles. The van der Waals surface area contributed by atoms with Crippen LogP contribution in [-0.4, -0.2) is 16.4 Å². The maximum Gasteiger partial charge on any atom is 0.248 e. The van der Waals surface area contributed by atoms with Crippen LogP contribution < -0.4 is 5.32 Å². The van der Waals surface area contributed by atoms with Crippen molar-refractivity contribution in [2.24, 2.45) is 0 Å². The fourth-order valence-electron chi connectivity index (χ4n) is 1.82. The molecule has 0 unspecified atom stereocenters. The summed E-state index contributed by atoms with van der Waals surface area (Å²) in [5.74, 6) is -0.728. The molecule has 2 rings (SSSR count). The normalized spacial score (nSPS) is 12.3. The van der Waals surface area contributed by atoms with Gasteiger partial charge < -0.3 is 5.32 Å². The average molecular weight is 338 g/mol. The molecule has 0 aliphatic carbocycles. The van der Waals surface area contributed by atoms with Gasteiger partial charge in [0.05, 0.1) is 26.4 Å². The minimum atomic E-state index is -1.32. The Morgan fingerprint density at radius 3 is 2.55 bits per heavy atom. The third-order valence-corrected chi connectivity index (χ3v) is 4.25. The summed E-state index contributed by atoms with van der Waals surface area (Å²) >= 11 is 6.00. The zero-order chi connectivity index (χ0) is 16.1. The van der Waals surface area contributed by atoms with Crippen molar-refractivity contribution in [1.29, 1.82) is 0 Å². The topological polar surface area (TPSA) is 46.2 Å². The standard InChI is InChI=1S/C16H13ClFNO2S/c1-22(21)16-13(17)3-2-4-14(16)19-15(20)10-7-11-5-8-12(18)9-6-11/h2-10H,1H3,(H,19,20)/b10-7+/t22-/m0/s1. The van der Waals surface area contributed by atoms with Gasteiger partial charge >= 0.3 is 0 Å². The predicted molar refractivity (Wildman–Crippen MR) is 87.8 cm³/mol. The van der Waals surface area contributed by atoms with Gasteiger partial charge in [0.2, 0.25) is 5.91 Å². The largest absolute Gasteiger partial charge is 0.321 e. The molecule has 2 aromatic rings. The van der Waals surface area contributed by atoms with Crippen molar-refractivity contribution >= 4 is 40.1 Å². The molecule has 0 bridgehead atoms. The summed E-state index contributed by atoms with van der Waals surface area (Å²) in [7, 11) is -1.32. The maximum absolute atomic E-state index is 12.8. The van der Waals surface area contributed by atoms with Crippen molar-refractivity contribution in [3.05, 3.63) is 64.9 Å². The molecular formula is C16H13ClFNO2S. The molecule has 3 nitrogen and oxygen atoms in total. The van der Waals surface area contributed by atoms with Crippen LogP contribution in [0.4, 0.5) is 10.1 Å². The van der Waals surface area contributed by atoms with Gasteiger partial charge in [0.1, 0.15) is 5.82 Å². The average Bonchev–Trinajstić information content (AvgIpc) is 2.46. The van der Waals surface area contributed by atoms with E-state index < -0.39 is 16.7 Å². The Bertz CT molecular complexity index is 744. The molecule has 0 radical (unpaired) electrons. The van der Waals surface area contributed by atoms with Crippen LogP contribution in [0.15, 0.2) is 53.4 Å². The van der Waals surface area contributed by atoms with E-state index in [-0.39, 0.29) is 5.82 Å². The molecule has 0 heterocycles. The highest BCUT2D eigenvalue weighted by Crippen LogP contribution is 2.27. The zero-order valence-corrected chi connectivity index (χ0v) is 13.2. The van der Waals surface area contributed by atoms with E-state index in [1.54, 1.807) is 36.4 Å². The quantitative estimate of drug-likeness (QED) is 0.861. The molecule has 22 heavy (non-hydrogen) atoms. The van der Waals surface area contributed by atoms with Gasteiger partial charge in [0.25, 0.3) is 0 Å². The Hall–Kier alpha value is -1.98. The number of hydrogen-bond donors (Lipinski definition) is 1. The lowest BCUT2D eigenvalue weighted by atomic mass is 10.2. The van der Waals surface area contributed by atoms with Gasteiger partial charge in [-0.2, -0.15) is 0 Å². The van der Waals surface area contributed by atoms with Crippen molar-refractivity contribution < 1.29 is 13.4 Å².